The van der Waals surface area contributed by atoms with Crippen LogP contribution in [-0.2, 0) is 0 Å². The summed E-state index contributed by atoms with van der Waals surface area (Å²) in [6.07, 6.45) is 1.79. The van der Waals surface area contributed by atoms with Gasteiger partial charge in [0.05, 0.1) is 27.2 Å². The molecule has 4 nitrogen and oxygen atoms in total. The molecule has 25 heavy (non-hydrogen) atoms. The van der Waals surface area contributed by atoms with Gasteiger partial charge in [-0.3, -0.25) is 0 Å². The van der Waals surface area contributed by atoms with Crippen molar-refractivity contribution in [1.29, 1.82) is 5.26 Å². The molecule has 1 heterocycles. The van der Waals surface area contributed by atoms with E-state index < -0.39 is 0 Å². The Morgan fingerprint density at radius 3 is 2.80 bits per heavy atom. The topological polar surface area (TPSA) is 61.7 Å². The average molecular weight is 400 g/mol. The summed E-state index contributed by atoms with van der Waals surface area (Å²) in [6.45, 7) is 3.91. The van der Waals surface area contributed by atoms with Gasteiger partial charge in [0.1, 0.15) is 23.5 Å². The first-order chi connectivity index (χ1) is 12.0. The molecule has 0 bridgehead atoms. The van der Waals surface area contributed by atoms with E-state index in [0.29, 0.717) is 22.4 Å². The third-order valence-corrected chi connectivity index (χ3v) is 4.07. The molecule has 0 amide bonds. The van der Waals surface area contributed by atoms with E-state index >= 15 is 0 Å². The lowest BCUT2D eigenvalue weighted by Gasteiger charge is -2.11. The fourth-order valence-corrected chi connectivity index (χ4v) is 2.88. The molecule has 0 aliphatic heterocycles. The molecule has 0 aliphatic carbocycles. The molecule has 1 N–H and O–H groups in total. The fourth-order valence-electron chi connectivity index (χ4n) is 2.39. The molecule has 0 saturated heterocycles. The van der Waals surface area contributed by atoms with E-state index in [1.54, 1.807) is 12.1 Å². The summed E-state index contributed by atoms with van der Waals surface area (Å²) in [5.74, 6) is 0.793. The number of H-pyrrole nitrogens is 1. The van der Waals surface area contributed by atoms with E-state index in [0.717, 1.165) is 15.8 Å². The van der Waals surface area contributed by atoms with Crippen molar-refractivity contribution in [1.82, 2.24) is 9.97 Å². The SMILES string of the molecule is CC(C)Oc1ccc(/C=C(/C#N)c2nc3ccc(F)cc3[nH]2)cc1Br. The maximum Gasteiger partial charge on any atom is 0.149 e. The number of halogens is 2. The largest absolute Gasteiger partial charge is 0.490 e. The van der Waals surface area contributed by atoms with Crippen LogP contribution in [0.1, 0.15) is 25.2 Å². The molecule has 6 heteroatoms. The third kappa shape index (κ3) is 3.89. The van der Waals surface area contributed by atoms with Crippen molar-refractivity contribution in [2.24, 2.45) is 0 Å². The zero-order valence-corrected chi connectivity index (χ0v) is 15.3. The molecular formula is C19H15BrFN3O. The lowest BCUT2D eigenvalue weighted by Crippen LogP contribution is -2.05. The van der Waals surface area contributed by atoms with Crippen LogP contribution in [0.5, 0.6) is 5.75 Å². The van der Waals surface area contributed by atoms with Gasteiger partial charge < -0.3 is 9.72 Å². The lowest BCUT2D eigenvalue weighted by molar-refractivity contribution is 0.241. The van der Waals surface area contributed by atoms with Crippen LogP contribution in [0.3, 0.4) is 0 Å². The molecule has 0 fully saturated rings. The standard InChI is InChI=1S/C19H15BrFN3O/c1-11(2)25-18-6-3-12(8-15(18)20)7-13(10-22)19-23-16-5-4-14(21)9-17(16)24-19/h3-9,11H,1-2H3,(H,23,24)/b13-7-. The number of hydrogen-bond acceptors (Lipinski definition) is 3. The number of allylic oxidation sites excluding steroid dienone is 1. The molecule has 0 atom stereocenters. The van der Waals surface area contributed by atoms with Gasteiger partial charge in [-0.1, -0.05) is 6.07 Å². The lowest BCUT2D eigenvalue weighted by atomic mass is 10.1. The maximum atomic E-state index is 13.3. The molecule has 1 aromatic heterocycles. The summed E-state index contributed by atoms with van der Waals surface area (Å²) in [6, 6.07) is 12.0. The Labute approximate surface area is 153 Å². The Bertz CT molecular complexity index is 1000. The van der Waals surface area contributed by atoms with Gasteiger partial charge in [-0.2, -0.15) is 5.26 Å². The first-order valence-electron chi connectivity index (χ1n) is 7.70. The molecule has 0 aliphatic rings. The smallest absolute Gasteiger partial charge is 0.149 e. The van der Waals surface area contributed by atoms with Gasteiger partial charge >= 0.3 is 0 Å². The van der Waals surface area contributed by atoms with Crippen LogP contribution in [0.2, 0.25) is 0 Å². The number of nitrogens with zero attached hydrogens (tertiary/aromatic N) is 2. The number of nitrogens with one attached hydrogen (secondary N) is 1. The van der Waals surface area contributed by atoms with Crippen molar-refractivity contribution in [2.45, 2.75) is 20.0 Å². The van der Waals surface area contributed by atoms with Gasteiger partial charge in [-0.05, 0) is 71.7 Å². The summed E-state index contributed by atoms with van der Waals surface area (Å²) in [5, 5.41) is 9.47. The number of nitriles is 1. The van der Waals surface area contributed by atoms with E-state index in [4.69, 9.17) is 4.74 Å². The number of aromatic nitrogens is 2. The van der Waals surface area contributed by atoms with Crippen LogP contribution < -0.4 is 4.74 Å². The van der Waals surface area contributed by atoms with Crippen LogP contribution in [0.15, 0.2) is 40.9 Å². The van der Waals surface area contributed by atoms with E-state index in [2.05, 4.69) is 32.0 Å². The normalized spacial score (nSPS) is 11.8. The van der Waals surface area contributed by atoms with Gasteiger partial charge in [0, 0.05) is 0 Å². The molecule has 3 aromatic rings. The second-order valence-corrected chi connectivity index (χ2v) is 6.63. The first-order valence-corrected chi connectivity index (χ1v) is 8.49. The molecule has 0 spiro atoms. The summed E-state index contributed by atoms with van der Waals surface area (Å²) >= 11 is 3.48. The van der Waals surface area contributed by atoms with Crippen LogP contribution >= 0.6 is 15.9 Å². The minimum Gasteiger partial charge on any atom is -0.490 e. The average Bonchev–Trinajstić information content (AvgIpc) is 2.97. The van der Waals surface area contributed by atoms with Crippen LogP contribution in [0, 0.1) is 17.1 Å². The zero-order chi connectivity index (χ0) is 18.0. The number of imidazole rings is 1. The van der Waals surface area contributed by atoms with E-state index in [1.807, 2.05) is 32.0 Å². The zero-order valence-electron chi connectivity index (χ0n) is 13.7. The van der Waals surface area contributed by atoms with Crippen LogP contribution in [-0.4, -0.2) is 16.1 Å². The molecule has 0 unspecified atom stereocenters. The van der Waals surface area contributed by atoms with Gasteiger partial charge in [0.2, 0.25) is 0 Å². The number of aromatic amines is 1. The number of rotatable bonds is 4. The second-order valence-electron chi connectivity index (χ2n) is 5.77. The van der Waals surface area contributed by atoms with Gasteiger partial charge in [0.25, 0.3) is 0 Å². The van der Waals surface area contributed by atoms with E-state index in [-0.39, 0.29) is 11.9 Å². The molecule has 2 aromatic carbocycles. The Morgan fingerprint density at radius 1 is 1.32 bits per heavy atom. The molecule has 0 saturated carbocycles. The highest BCUT2D eigenvalue weighted by molar-refractivity contribution is 9.10. The minimum atomic E-state index is -0.352. The first kappa shape index (κ1) is 17.2. The summed E-state index contributed by atoms with van der Waals surface area (Å²) in [5.41, 5.74) is 2.35. The monoisotopic (exact) mass is 399 g/mol. The van der Waals surface area contributed by atoms with Gasteiger partial charge in [-0.15, -0.1) is 0 Å². The summed E-state index contributed by atoms with van der Waals surface area (Å²) < 4.78 is 19.8. The molecule has 0 radical (unpaired) electrons. The second kappa shape index (κ2) is 7.08. The predicted octanol–water partition coefficient (Wildman–Crippen LogP) is 5.32. The molecule has 3 rings (SSSR count). The Morgan fingerprint density at radius 2 is 2.12 bits per heavy atom. The van der Waals surface area contributed by atoms with Crippen molar-refractivity contribution in [3.05, 3.63) is 58.1 Å². The van der Waals surface area contributed by atoms with Crippen molar-refractivity contribution < 1.29 is 9.13 Å². The number of hydrogen-bond donors (Lipinski definition) is 1. The summed E-state index contributed by atoms with van der Waals surface area (Å²) in [4.78, 5) is 7.33. The quantitative estimate of drug-likeness (QED) is 0.604. The van der Waals surface area contributed by atoms with Crippen LogP contribution in [0.4, 0.5) is 4.39 Å². The maximum absolute atomic E-state index is 13.3. The number of ether oxygens (including phenoxy) is 1. The highest BCUT2D eigenvalue weighted by Crippen LogP contribution is 2.28. The van der Waals surface area contributed by atoms with Crippen molar-refractivity contribution >= 4 is 38.6 Å². The minimum absolute atomic E-state index is 0.0725. The Kier molecular flexibility index (Phi) is 4.86. The molecule has 126 valence electrons. The van der Waals surface area contributed by atoms with Crippen molar-refractivity contribution in [3.8, 4) is 11.8 Å². The molecular weight excluding hydrogens is 385 g/mol. The number of fused-ring (bicyclic) bond motifs is 1. The summed E-state index contributed by atoms with van der Waals surface area (Å²) in [7, 11) is 0. The van der Waals surface area contributed by atoms with Gasteiger partial charge in [0.15, 0.2) is 0 Å². The van der Waals surface area contributed by atoms with E-state index in [1.165, 1.54) is 12.1 Å². The van der Waals surface area contributed by atoms with Crippen LogP contribution in [0.25, 0.3) is 22.7 Å². The van der Waals surface area contributed by atoms with Crippen molar-refractivity contribution in [2.75, 3.05) is 0 Å². The van der Waals surface area contributed by atoms with Crippen molar-refractivity contribution in [3.63, 3.8) is 0 Å². The van der Waals surface area contributed by atoms with Gasteiger partial charge in [-0.25, -0.2) is 9.37 Å². The highest BCUT2D eigenvalue weighted by atomic mass is 79.9. The van der Waals surface area contributed by atoms with E-state index in [9.17, 15) is 9.65 Å². The fraction of sp³-hybridized carbons (Fsp3) is 0.158. The Balaban J connectivity index is 1.97. The number of benzene rings is 2. The highest BCUT2D eigenvalue weighted by Gasteiger charge is 2.10. The Hall–Kier alpha value is -2.65. The third-order valence-electron chi connectivity index (χ3n) is 3.45. The predicted molar refractivity (Wildman–Crippen MR) is 99.4 cm³/mol.